The summed E-state index contributed by atoms with van der Waals surface area (Å²) in [6, 6.07) is 8.81. The summed E-state index contributed by atoms with van der Waals surface area (Å²) >= 11 is 6.23. The van der Waals surface area contributed by atoms with Crippen molar-refractivity contribution in [1.82, 2.24) is 15.0 Å². The molecule has 0 saturated carbocycles. The molecule has 0 radical (unpaired) electrons. The normalized spacial score (nSPS) is 18.9. The van der Waals surface area contributed by atoms with Crippen LogP contribution in [0.2, 0.25) is 5.02 Å². The molecule has 0 unspecified atom stereocenters. The van der Waals surface area contributed by atoms with Crippen molar-refractivity contribution >= 4 is 23.4 Å². The van der Waals surface area contributed by atoms with Gasteiger partial charge in [-0.05, 0) is 25.0 Å². The lowest BCUT2D eigenvalue weighted by atomic mass is 10.1. The summed E-state index contributed by atoms with van der Waals surface area (Å²) in [4.78, 5) is 29.2. The summed E-state index contributed by atoms with van der Waals surface area (Å²) in [6.45, 7) is 3.68. The lowest BCUT2D eigenvalue weighted by molar-refractivity contribution is -0.135. The van der Waals surface area contributed by atoms with Gasteiger partial charge in [-0.3, -0.25) is 9.59 Å². The quantitative estimate of drug-likeness (QED) is 0.648. The Labute approximate surface area is 186 Å². The lowest BCUT2D eigenvalue weighted by Crippen LogP contribution is -2.44. The van der Waals surface area contributed by atoms with E-state index in [1.165, 1.54) is 0 Å². The second kappa shape index (κ2) is 10.3. The molecule has 2 aliphatic rings. The van der Waals surface area contributed by atoms with Crippen molar-refractivity contribution in [2.75, 3.05) is 46.0 Å². The maximum atomic E-state index is 13.2. The first-order valence-electron chi connectivity index (χ1n) is 10.6. The third-order valence-electron chi connectivity index (χ3n) is 5.56. The minimum absolute atomic E-state index is 0.0188. The Morgan fingerprint density at radius 1 is 1.19 bits per heavy atom. The van der Waals surface area contributed by atoms with Crippen molar-refractivity contribution in [2.45, 2.75) is 25.4 Å². The highest BCUT2D eigenvalue weighted by Gasteiger charge is 2.27. The van der Waals surface area contributed by atoms with E-state index in [0.717, 1.165) is 12.8 Å². The van der Waals surface area contributed by atoms with Gasteiger partial charge in [0, 0.05) is 50.8 Å². The van der Waals surface area contributed by atoms with Crippen LogP contribution < -0.4 is 0 Å². The van der Waals surface area contributed by atoms with Crippen LogP contribution >= 0.6 is 11.6 Å². The average Bonchev–Trinajstić information content (AvgIpc) is 3.49. The number of rotatable bonds is 7. The molecule has 2 fully saturated rings. The summed E-state index contributed by atoms with van der Waals surface area (Å²) in [5.74, 6) is 0.160. The van der Waals surface area contributed by atoms with Crippen LogP contribution in [0.3, 0.4) is 0 Å². The topological polar surface area (TPSA) is 85.1 Å². The zero-order chi connectivity index (χ0) is 21.6. The van der Waals surface area contributed by atoms with Gasteiger partial charge >= 0.3 is 0 Å². The van der Waals surface area contributed by atoms with Gasteiger partial charge in [0.2, 0.25) is 5.91 Å². The van der Waals surface area contributed by atoms with Crippen molar-refractivity contribution in [1.29, 1.82) is 0 Å². The Morgan fingerprint density at radius 3 is 2.74 bits per heavy atom. The van der Waals surface area contributed by atoms with Gasteiger partial charge in [0.05, 0.1) is 24.3 Å². The number of carbonyl (C=O) groups is 2. The van der Waals surface area contributed by atoms with Crippen LogP contribution in [0.5, 0.6) is 0 Å². The fourth-order valence-corrected chi connectivity index (χ4v) is 4.07. The van der Waals surface area contributed by atoms with Crippen LogP contribution in [-0.2, 0) is 14.3 Å². The predicted molar refractivity (Wildman–Crippen MR) is 114 cm³/mol. The predicted octanol–water partition coefficient (Wildman–Crippen LogP) is 2.87. The minimum atomic E-state index is -0.285. The molecule has 1 aromatic carbocycles. The van der Waals surface area contributed by atoms with Gasteiger partial charge < -0.3 is 23.8 Å². The highest BCUT2D eigenvalue weighted by Crippen LogP contribution is 2.28. The number of hydrogen-bond acceptors (Lipinski definition) is 6. The molecule has 31 heavy (non-hydrogen) atoms. The van der Waals surface area contributed by atoms with E-state index >= 15 is 0 Å². The van der Waals surface area contributed by atoms with Crippen LogP contribution in [0.4, 0.5) is 0 Å². The Balaban J connectivity index is 1.46. The number of halogens is 1. The second-order valence-corrected chi connectivity index (χ2v) is 8.09. The molecule has 2 amide bonds. The molecule has 2 aromatic rings. The summed E-state index contributed by atoms with van der Waals surface area (Å²) in [7, 11) is 0. The third kappa shape index (κ3) is 5.44. The zero-order valence-electron chi connectivity index (χ0n) is 17.3. The zero-order valence-corrected chi connectivity index (χ0v) is 18.1. The first-order chi connectivity index (χ1) is 15.1. The largest absolute Gasteiger partial charge is 0.378 e. The molecular formula is C22H26ClN3O5. The average molecular weight is 448 g/mol. The molecule has 9 heteroatoms. The number of aromatic nitrogens is 1. The Bertz CT molecular complexity index is 906. The number of carbonyl (C=O) groups excluding carboxylic acids is 2. The van der Waals surface area contributed by atoms with Crippen molar-refractivity contribution in [3.63, 3.8) is 0 Å². The number of ether oxygens (including phenoxy) is 2. The Kier molecular flexibility index (Phi) is 7.21. The van der Waals surface area contributed by atoms with Gasteiger partial charge in [-0.15, -0.1) is 0 Å². The molecule has 0 bridgehead atoms. The summed E-state index contributed by atoms with van der Waals surface area (Å²) in [5.41, 5.74) is 0.857. The van der Waals surface area contributed by atoms with Gasteiger partial charge in [0.1, 0.15) is 0 Å². The van der Waals surface area contributed by atoms with Crippen LogP contribution in [0, 0.1) is 0 Å². The maximum absolute atomic E-state index is 13.2. The molecule has 2 aliphatic heterocycles. The van der Waals surface area contributed by atoms with Gasteiger partial charge in [0.25, 0.3) is 5.91 Å². The minimum Gasteiger partial charge on any atom is -0.378 e. The van der Waals surface area contributed by atoms with Gasteiger partial charge in [-0.25, -0.2) is 0 Å². The molecule has 166 valence electrons. The second-order valence-electron chi connectivity index (χ2n) is 7.69. The number of benzene rings is 1. The van der Waals surface area contributed by atoms with Crippen molar-refractivity contribution in [2.24, 2.45) is 0 Å². The maximum Gasteiger partial charge on any atom is 0.276 e. The standard InChI is InChI=1S/C22H26ClN3O5/c23-18-6-2-1-5-17(18)20-14-19(24-31-20)22(28)26(15-16-4-3-11-30-16)8-7-21(27)25-9-12-29-13-10-25/h1-2,5-6,14,16H,3-4,7-13,15H2/t16-/m0/s1. The Morgan fingerprint density at radius 2 is 2.00 bits per heavy atom. The van der Waals surface area contributed by atoms with E-state index < -0.39 is 0 Å². The number of hydrogen-bond donors (Lipinski definition) is 0. The first-order valence-corrected chi connectivity index (χ1v) is 11.0. The third-order valence-corrected chi connectivity index (χ3v) is 5.89. The van der Waals surface area contributed by atoms with E-state index in [0.29, 0.717) is 62.3 Å². The lowest BCUT2D eigenvalue weighted by Gasteiger charge is -2.29. The van der Waals surface area contributed by atoms with Crippen molar-refractivity contribution < 1.29 is 23.6 Å². The molecule has 0 N–H and O–H groups in total. The highest BCUT2D eigenvalue weighted by atomic mass is 35.5. The number of nitrogens with zero attached hydrogens (tertiary/aromatic N) is 3. The van der Waals surface area contributed by atoms with E-state index in [1.54, 1.807) is 21.9 Å². The van der Waals surface area contributed by atoms with Crippen LogP contribution in [0.1, 0.15) is 29.8 Å². The van der Waals surface area contributed by atoms with Gasteiger partial charge in [-0.2, -0.15) is 0 Å². The van der Waals surface area contributed by atoms with Gasteiger partial charge in [-0.1, -0.05) is 28.9 Å². The number of amides is 2. The first kappa shape index (κ1) is 21.8. The molecule has 1 atom stereocenters. The fourth-order valence-electron chi connectivity index (χ4n) is 3.84. The molecule has 0 spiro atoms. The van der Waals surface area contributed by atoms with Crippen molar-refractivity contribution in [3.05, 3.63) is 41.0 Å². The smallest absolute Gasteiger partial charge is 0.276 e. The summed E-state index contributed by atoms with van der Waals surface area (Å²) in [6.07, 6.45) is 2.08. The van der Waals surface area contributed by atoms with Crippen LogP contribution in [0.15, 0.2) is 34.9 Å². The monoisotopic (exact) mass is 447 g/mol. The molecular weight excluding hydrogens is 422 g/mol. The van der Waals surface area contributed by atoms with Crippen LogP contribution in [0.25, 0.3) is 11.3 Å². The Hall–Kier alpha value is -2.42. The fraction of sp³-hybridized carbons (Fsp3) is 0.500. The van der Waals surface area contributed by atoms with Gasteiger partial charge in [0.15, 0.2) is 11.5 Å². The molecule has 3 heterocycles. The van der Waals surface area contributed by atoms with E-state index in [4.69, 9.17) is 25.6 Å². The molecule has 2 saturated heterocycles. The van der Waals surface area contributed by atoms with Crippen LogP contribution in [-0.4, -0.2) is 78.9 Å². The van der Waals surface area contributed by atoms with E-state index in [2.05, 4.69) is 5.16 Å². The van der Waals surface area contributed by atoms with E-state index in [-0.39, 0.29) is 30.0 Å². The summed E-state index contributed by atoms with van der Waals surface area (Å²) in [5, 5.41) is 4.49. The van der Waals surface area contributed by atoms with Crippen molar-refractivity contribution in [3.8, 4) is 11.3 Å². The summed E-state index contributed by atoms with van der Waals surface area (Å²) < 4.78 is 16.4. The highest BCUT2D eigenvalue weighted by molar-refractivity contribution is 6.33. The van der Waals surface area contributed by atoms with E-state index in [1.807, 2.05) is 18.2 Å². The molecule has 1 aromatic heterocycles. The van der Waals surface area contributed by atoms with E-state index in [9.17, 15) is 9.59 Å². The molecule has 0 aliphatic carbocycles. The SMILES string of the molecule is O=C(CCN(C[C@@H]1CCCO1)C(=O)c1cc(-c2ccccc2Cl)on1)N1CCOCC1. The molecule has 4 rings (SSSR count). The molecule has 8 nitrogen and oxygen atoms in total. The number of morpholine rings is 1.